The minimum absolute atomic E-state index is 0.0165. The molecule has 0 spiro atoms. The zero-order valence-electron chi connectivity index (χ0n) is 23.9. The van der Waals surface area contributed by atoms with Crippen molar-refractivity contribution in [3.05, 3.63) is 88.6 Å². The number of alkyl halides is 3. The van der Waals surface area contributed by atoms with Gasteiger partial charge in [0, 0.05) is 12.2 Å². The molecule has 5 aromatic rings. The summed E-state index contributed by atoms with van der Waals surface area (Å²) in [5.41, 5.74) is 3.30. The van der Waals surface area contributed by atoms with E-state index in [1.54, 1.807) is 0 Å². The first-order valence-corrected chi connectivity index (χ1v) is 14.4. The number of fused-ring (bicyclic) bond motifs is 1. The topological polar surface area (TPSA) is 93.4 Å². The molecule has 0 aliphatic carbocycles. The van der Waals surface area contributed by atoms with Gasteiger partial charge in [0.2, 0.25) is 17.7 Å². The number of rotatable bonds is 11. The molecule has 1 amide bonds. The number of carbonyl (C=O) groups excluding carboxylic acids is 1. The number of thiazole rings is 1. The highest BCUT2D eigenvalue weighted by Gasteiger charge is 2.35. The van der Waals surface area contributed by atoms with Gasteiger partial charge in [-0.3, -0.25) is 4.79 Å². The Morgan fingerprint density at radius 1 is 1.00 bits per heavy atom. The normalized spacial score (nSPS) is 11.8. The molecular weight excluding hydrogens is 579 g/mol. The van der Waals surface area contributed by atoms with Crippen molar-refractivity contribution in [2.75, 3.05) is 32.6 Å². The Morgan fingerprint density at radius 3 is 2.49 bits per heavy atom. The lowest BCUT2D eigenvalue weighted by molar-refractivity contribution is -0.139. The second-order valence-corrected chi connectivity index (χ2v) is 11.5. The zero-order chi connectivity index (χ0) is 30.6. The van der Waals surface area contributed by atoms with E-state index in [4.69, 9.17) is 9.15 Å². The zero-order valence-corrected chi connectivity index (χ0v) is 24.7. The predicted molar refractivity (Wildman–Crippen MR) is 159 cm³/mol. The molecule has 0 radical (unpaired) electrons. The highest BCUT2D eigenvalue weighted by atomic mass is 32.1. The van der Waals surface area contributed by atoms with Crippen LogP contribution in [-0.4, -0.2) is 53.2 Å². The van der Waals surface area contributed by atoms with E-state index < -0.39 is 17.6 Å². The first-order chi connectivity index (χ1) is 20.5. The Bertz CT molecular complexity index is 1710. The van der Waals surface area contributed by atoms with Gasteiger partial charge in [0.1, 0.15) is 17.2 Å². The van der Waals surface area contributed by atoms with E-state index in [0.29, 0.717) is 19.4 Å². The van der Waals surface area contributed by atoms with Gasteiger partial charge in [-0.1, -0.05) is 35.9 Å². The number of aromatic nitrogens is 3. The SMILES string of the molecule is Cc1ccc(-c2ccc3nc(Cc4nnc(CC(=O)Nc5ccc(OCCCN(C)C)c(C(F)(F)F)c5)o4)sc3c2)cc1. The van der Waals surface area contributed by atoms with Crippen LogP contribution in [0.1, 0.15) is 34.3 Å². The fraction of sp³-hybridized carbons (Fsp3) is 0.290. The number of halogens is 3. The number of ether oxygens (including phenoxy) is 1. The van der Waals surface area contributed by atoms with Crippen LogP contribution in [0.5, 0.6) is 5.75 Å². The molecule has 2 aromatic heterocycles. The highest BCUT2D eigenvalue weighted by molar-refractivity contribution is 7.18. The molecule has 0 bridgehead atoms. The Balaban J connectivity index is 1.20. The van der Waals surface area contributed by atoms with E-state index in [1.807, 2.05) is 31.1 Å². The number of nitrogens with zero attached hydrogens (tertiary/aromatic N) is 4. The molecule has 224 valence electrons. The fourth-order valence-electron chi connectivity index (χ4n) is 4.39. The molecule has 0 saturated heterocycles. The number of hydrogen-bond donors (Lipinski definition) is 1. The van der Waals surface area contributed by atoms with Crippen molar-refractivity contribution >= 4 is 33.1 Å². The van der Waals surface area contributed by atoms with Gasteiger partial charge >= 0.3 is 6.18 Å². The summed E-state index contributed by atoms with van der Waals surface area (Å²) in [6, 6.07) is 17.9. The van der Waals surface area contributed by atoms with Crippen LogP contribution < -0.4 is 10.1 Å². The third-order valence-corrected chi connectivity index (χ3v) is 7.53. The second kappa shape index (κ2) is 12.9. The van der Waals surface area contributed by atoms with Gasteiger partial charge in [0.25, 0.3) is 0 Å². The maximum Gasteiger partial charge on any atom is 0.420 e. The lowest BCUT2D eigenvalue weighted by Crippen LogP contribution is -2.17. The van der Waals surface area contributed by atoms with E-state index in [-0.39, 0.29) is 36.2 Å². The van der Waals surface area contributed by atoms with Gasteiger partial charge in [-0.15, -0.1) is 21.5 Å². The van der Waals surface area contributed by atoms with Crippen molar-refractivity contribution < 1.29 is 27.1 Å². The molecule has 0 saturated carbocycles. The summed E-state index contributed by atoms with van der Waals surface area (Å²) >= 11 is 1.52. The minimum atomic E-state index is -4.65. The third-order valence-electron chi connectivity index (χ3n) is 6.52. The summed E-state index contributed by atoms with van der Waals surface area (Å²) in [7, 11) is 3.75. The third kappa shape index (κ3) is 7.96. The Morgan fingerprint density at radius 2 is 1.74 bits per heavy atom. The summed E-state index contributed by atoms with van der Waals surface area (Å²) in [6.45, 7) is 2.87. The Labute approximate surface area is 250 Å². The fourth-order valence-corrected chi connectivity index (χ4v) is 5.39. The van der Waals surface area contributed by atoms with E-state index in [2.05, 4.69) is 57.8 Å². The molecule has 3 aromatic carbocycles. The molecule has 1 N–H and O–H groups in total. The monoisotopic (exact) mass is 609 g/mol. The minimum Gasteiger partial charge on any atom is -0.493 e. The molecule has 0 fully saturated rings. The number of aryl methyl sites for hydroxylation is 1. The van der Waals surface area contributed by atoms with Crippen LogP contribution in [0.4, 0.5) is 18.9 Å². The predicted octanol–water partition coefficient (Wildman–Crippen LogP) is 6.78. The van der Waals surface area contributed by atoms with Gasteiger partial charge in [-0.05, 0) is 68.9 Å². The molecule has 2 heterocycles. The maximum atomic E-state index is 13.7. The van der Waals surface area contributed by atoms with Crippen LogP contribution in [0.3, 0.4) is 0 Å². The number of benzene rings is 3. The lowest BCUT2D eigenvalue weighted by atomic mass is 10.0. The molecule has 43 heavy (non-hydrogen) atoms. The van der Waals surface area contributed by atoms with Crippen LogP contribution in [0, 0.1) is 6.92 Å². The van der Waals surface area contributed by atoms with Gasteiger partial charge in [-0.2, -0.15) is 13.2 Å². The molecule has 8 nitrogen and oxygen atoms in total. The van der Waals surface area contributed by atoms with Crippen LogP contribution in [0.2, 0.25) is 0 Å². The van der Waals surface area contributed by atoms with E-state index in [0.717, 1.165) is 32.4 Å². The average Bonchev–Trinajstić information content (AvgIpc) is 3.56. The summed E-state index contributed by atoms with van der Waals surface area (Å²) < 4.78 is 53.1. The Hall–Kier alpha value is -4.29. The largest absolute Gasteiger partial charge is 0.493 e. The number of amides is 1. The van der Waals surface area contributed by atoms with Crippen molar-refractivity contribution in [3.63, 3.8) is 0 Å². The molecule has 5 rings (SSSR count). The highest BCUT2D eigenvalue weighted by Crippen LogP contribution is 2.38. The van der Waals surface area contributed by atoms with Crippen molar-refractivity contribution in [1.82, 2.24) is 20.1 Å². The van der Waals surface area contributed by atoms with Gasteiger partial charge in [0.05, 0.1) is 28.8 Å². The van der Waals surface area contributed by atoms with Crippen LogP contribution in [0.15, 0.2) is 65.1 Å². The van der Waals surface area contributed by atoms with Gasteiger partial charge < -0.3 is 19.4 Å². The van der Waals surface area contributed by atoms with Gasteiger partial charge in [0.15, 0.2) is 0 Å². The summed E-state index contributed by atoms with van der Waals surface area (Å²) in [4.78, 5) is 19.2. The molecular formula is C31H30F3N5O3S. The molecule has 12 heteroatoms. The first-order valence-electron chi connectivity index (χ1n) is 13.6. The van der Waals surface area contributed by atoms with Crippen molar-refractivity contribution in [2.45, 2.75) is 32.4 Å². The smallest absolute Gasteiger partial charge is 0.420 e. The van der Waals surface area contributed by atoms with Gasteiger partial charge in [-0.25, -0.2) is 4.98 Å². The average molecular weight is 610 g/mol. The molecule has 0 unspecified atom stereocenters. The molecule has 0 atom stereocenters. The summed E-state index contributed by atoms with van der Waals surface area (Å²) in [5.74, 6) is -0.540. The van der Waals surface area contributed by atoms with E-state index in [9.17, 15) is 18.0 Å². The summed E-state index contributed by atoms with van der Waals surface area (Å²) in [5, 5.41) is 11.2. The van der Waals surface area contributed by atoms with Crippen molar-refractivity contribution in [3.8, 4) is 16.9 Å². The first kappa shape index (κ1) is 30.2. The lowest BCUT2D eigenvalue weighted by Gasteiger charge is -2.16. The van der Waals surface area contributed by atoms with Crippen LogP contribution in [0.25, 0.3) is 21.3 Å². The quantitative estimate of drug-likeness (QED) is 0.165. The number of nitrogens with one attached hydrogen (secondary N) is 1. The number of anilines is 1. The number of hydrogen-bond acceptors (Lipinski definition) is 8. The van der Waals surface area contributed by atoms with Crippen molar-refractivity contribution in [1.29, 1.82) is 0 Å². The van der Waals surface area contributed by atoms with E-state index in [1.165, 1.54) is 29.0 Å². The Kier molecular flexibility index (Phi) is 9.07. The van der Waals surface area contributed by atoms with E-state index >= 15 is 0 Å². The maximum absolute atomic E-state index is 13.7. The molecule has 0 aliphatic heterocycles. The summed E-state index contributed by atoms with van der Waals surface area (Å²) in [6.07, 6.45) is -4.08. The molecule has 0 aliphatic rings. The van der Waals surface area contributed by atoms with Crippen molar-refractivity contribution in [2.24, 2.45) is 0 Å². The standard InChI is InChI=1S/C31H30F3N5O3S/c1-19-5-7-20(8-6-19)21-9-11-24-26(15-21)43-30(36-24)18-29-38-37-28(42-29)17-27(40)35-22-10-12-25(23(16-22)31(32,33)34)41-14-4-13-39(2)3/h5-12,15-16H,4,13-14,17-18H2,1-3H3,(H,35,40). The van der Waals surface area contributed by atoms with Crippen LogP contribution >= 0.6 is 11.3 Å². The second-order valence-electron chi connectivity index (χ2n) is 10.4. The van der Waals surface area contributed by atoms with Crippen LogP contribution in [-0.2, 0) is 23.8 Å². The number of carbonyl (C=O) groups is 1.